The number of nitrogens with zero attached hydrogens (tertiary/aromatic N) is 5. The Labute approximate surface area is 203 Å². The number of hydrogen-bond acceptors (Lipinski definition) is 7. The number of piperazine rings is 1. The van der Waals surface area contributed by atoms with Crippen LogP contribution in [0.2, 0.25) is 0 Å². The van der Waals surface area contributed by atoms with Crippen LogP contribution in [0.1, 0.15) is 26.2 Å². The standard InChI is InChI=1S/C24H32N6O5/c1-3-27-15-25-18-5-4-16(12-19(18)27)28-8-10-29(11-9-28)22(32)20-17(21(31)26-34)13-24(6-7-24)14-30(20)23(33)35-2/h4-5,12,15,17,20,34H,3,6-11,13-14H2,1-2H3,(H,26,31). The zero-order valence-corrected chi connectivity index (χ0v) is 20.1. The zero-order chi connectivity index (χ0) is 24.7. The molecule has 2 saturated heterocycles. The van der Waals surface area contributed by atoms with Crippen molar-refractivity contribution in [2.24, 2.45) is 11.3 Å². The molecule has 11 heteroatoms. The van der Waals surface area contributed by atoms with Gasteiger partial charge in [-0.2, -0.15) is 0 Å². The highest BCUT2D eigenvalue weighted by Crippen LogP contribution is 2.55. The second-order valence-corrected chi connectivity index (χ2v) is 9.85. The molecule has 3 amide bonds. The van der Waals surface area contributed by atoms with Crippen molar-refractivity contribution < 1.29 is 24.3 Å². The van der Waals surface area contributed by atoms with E-state index in [4.69, 9.17) is 4.74 Å². The molecule has 2 unspecified atom stereocenters. The van der Waals surface area contributed by atoms with Crippen molar-refractivity contribution in [3.63, 3.8) is 0 Å². The van der Waals surface area contributed by atoms with Gasteiger partial charge in [-0.15, -0.1) is 0 Å². The van der Waals surface area contributed by atoms with Gasteiger partial charge in [0.25, 0.3) is 0 Å². The van der Waals surface area contributed by atoms with Crippen LogP contribution in [0.15, 0.2) is 24.5 Å². The Bertz CT molecular complexity index is 1110. The smallest absolute Gasteiger partial charge is 0.410 e. The van der Waals surface area contributed by atoms with Gasteiger partial charge < -0.3 is 19.1 Å². The number of hydrogen-bond donors (Lipinski definition) is 2. The highest BCUT2D eigenvalue weighted by atomic mass is 16.5. The molecule has 2 aliphatic heterocycles. The fraction of sp³-hybridized carbons (Fsp3) is 0.583. The second kappa shape index (κ2) is 9.03. The van der Waals surface area contributed by atoms with E-state index in [0.29, 0.717) is 39.1 Å². The first kappa shape index (κ1) is 23.4. The van der Waals surface area contributed by atoms with E-state index in [9.17, 15) is 19.6 Å². The van der Waals surface area contributed by atoms with Crippen LogP contribution in [0.3, 0.4) is 0 Å². The fourth-order valence-electron chi connectivity index (χ4n) is 5.64. The number of rotatable bonds is 4. The third-order valence-electron chi connectivity index (χ3n) is 7.84. The summed E-state index contributed by atoms with van der Waals surface area (Å²) in [5.74, 6) is -1.74. The minimum atomic E-state index is -0.998. The molecule has 1 spiro atoms. The van der Waals surface area contributed by atoms with Gasteiger partial charge in [0.05, 0.1) is 30.4 Å². The van der Waals surface area contributed by atoms with E-state index in [1.54, 1.807) is 10.4 Å². The Kier molecular flexibility index (Phi) is 6.04. The van der Waals surface area contributed by atoms with Crippen LogP contribution in [-0.2, 0) is 20.9 Å². The van der Waals surface area contributed by atoms with Gasteiger partial charge in [0.2, 0.25) is 11.8 Å². The van der Waals surface area contributed by atoms with E-state index in [1.165, 1.54) is 12.0 Å². The molecule has 0 radical (unpaired) electrons. The van der Waals surface area contributed by atoms with Crippen LogP contribution < -0.4 is 10.4 Å². The number of aromatic nitrogens is 2. The monoisotopic (exact) mass is 484 g/mol. The minimum Gasteiger partial charge on any atom is -0.453 e. The van der Waals surface area contributed by atoms with Gasteiger partial charge >= 0.3 is 6.09 Å². The number of amides is 3. The number of aryl methyl sites for hydroxylation is 1. The summed E-state index contributed by atoms with van der Waals surface area (Å²) in [6, 6.07) is 5.18. The Balaban J connectivity index is 1.33. The molecule has 2 aromatic rings. The summed E-state index contributed by atoms with van der Waals surface area (Å²) in [4.78, 5) is 48.7. The van der Waals surface area contributed by atoms with E-state index in [0.717, 1.165) is 36.1 Å². The number of piperidine rings is 1. The lowest BCUT2D eigenvalue weighted by molar-refractivity contribution is -0.150. The van der Waals surface area contributed by atoms with Crippen LogP contribution in [0.4, 0.5) is 10.5 Å². The summed E-state index contributed by atoms with van der Waals surface area (Å²) in [5.41, 5.74) is 4.63. The van der Waals surface area contributed by atoms with Gasteiger partial charge in [0.15, 0.2) is 0 Å². The normalized spacial score (nSPS) is 23.5. The van der Waals surface area contributed by atoms with Crippen LogP contribution in [-0.4, -0.2) is 88.3 Å². The number of carbonyl (C=O) groups is 3. The van der Waals surface area contributed by atoms with Gasteiger partial charge in [-0.1, -0.05) is 0 Å². The number of fused-ring (bicyclic) bond motifs is 1. The van der Waals surface area contributed by atoms with Crippen LogP contribution >= 0.6 is 0 Å². The maximum Gasteiger partial charge on any atom is 0.410 e. The highest BCUT2D eigenvalue weighted by Gasteiger charge is 2.57. The van der Waals surface area contributed by atoms with Gasteiger partial charge in [0.1, 0.15) is 6.04 Å². The van der Waals surface area contributed by atoms with Gasteiger partial charge in [-0.3, -0.25) is 19.7 Å². The van der Waals surface area contributed by atoms with Crippen molar-refractivity contribution in [3.8, 4) is 0 Å². The largest absolute Gasteiger partial charge is 0.453 e. The van der Waals surface area contributed by atoms with Crippen molar-refractivity contribution in [1.29, 1.82) is 0 Å². The minimum absolute atomic E-state index is 0.176. The molecule has 5 rings (SSSR count). The average molecular weight is 485 g/mol. The maximum atomic E-state index is 13.7. The summed E-state index contributed by atoms with van der Waals surface area (Å²) in [6.07, 6.45) is 3.46. The van der Waals surface area contributed by atoms with Crippen molar-refractivity contribution in [3.05, 3.63) is 24.5 Å². The summed E-state index contributed by atoms with van der Waals surface area (Å²) < 4.78 is 7.07. The molecule has 3 aliphatic rings. The van der Waals surface area contributed by atoms with Gasteiger partial charge in [0, 0.05) is 45.0 Å². The molecule has 1 aliphatic carbocycles. The summed E-state index contributed by atoms with van der Waals surface area (Å²) >= 11 is 0. The predicted molar refractivity (Wildman–Crippen MR) is 127 cm³/mol. The lowest BCUT2D eigenvalue weighted by Gasteiger charge is -2.45. The third kappa shape index (κ3) is 4.18. The van der Waals surface area contributed by atoms with Crippen molar-refractivity contribution in [1.82, 2.24) is 24.8 Å². The Hall–Kier alpha value is -3.34. The molecule has 3 fully saturated rings. The van der Waals surface area contributed by atoms with E-state index >= 15 is 0 Å². The summed E-state index contributed by atoms with van der Waals surface area (Å²) in [7, 11) is 1.28. The Morgan fingerprint density at radius 1 is 1.20 bits per heavy atom. The highest BCUT2D eigenvalue weighted by molar-refractivity contribution is 5.93. The molecule has 2 N–H and O–H groups in total. The molecule has 0 bridgehead atoms. The molecule has 3 heterocycles. The first-order chi connectivity index (χ1) is 16.9. The van der Waals surface area contributed by atoms with Crippen LogP contribution in [0, 0.1) is 11.3 Å². The predicted octanol–water partition coefficient (Wildman–Crippen LogP) is 1.45. The van der Waals surface area contributed by atoms with Gasteiger partial charge in [-0.05, 0) is 49.8 Å². The lowest BCUT2D eigenvalue weighted by atomic mass is 9.80. The summed E-state index contributed by atoms with van der Waals surface area (Å²) in [6.45, 7) is 5.49. The molecule has 188 valence electrons. The number of likely N-dealkylation sites (tertiary alicyclic amines) is 1. The molecular formula is C24H32N6O5. The topological polar surface area (TPSA) is 120 Å². The number of carbonyl (C=O) groups excluding carboxylic acids is 3. The second-order valence-electron chi connectivity index (χ2n) is 9.85. The first-order valence-electron chi connectivity index (χ1n) is 12.2. The Morgan fingerprint density at radius 2 is 1.94 bits per heavy atom. The molecule has 1 aromatic heterocycles. The number of imidazole rings is 1. The number of hydroxylamine groups is 1. The Morgan fingerprint density at radius 3 is 2.57 bits per heavy atom. The average Bonchev–Trinajstić information content (AvgIpc) is 3.51. The molecule has 35 heavy (non-hydrogen) atoms. The van der Waals surface area contributed by atoms with Crippen molar-refractivity contribution in [2.75, 3.05) is 44.7 Å². The molecule has 2 atom stereocenters. The zero-order valence-electron chi connectivity index (χ0n) is 20.1. The van der Waals surface area contributed by atoms with E-state index in [1.807, 2.05) is 18.5 Å². The number of anilines is 1. The fourth-order valence-corrected chi connectivity index (χ4v) is 5.64. The quantitative estimate of drug-likeness (QED) is 0.498. The van der Waals surface area contributed by atoms with Crippen molar-refractivity contribution >= 4 is 34.6 Å². The molecule has 1 saturated carbocycles. The van der Waals surface area contributed by atoms with Gasteiger partial charge in [-0.25, -0.2) is 15.3 Å². The van der Waals surface area contributed by atoms with Crippen molar-refractivity contribution in [2.45, 2.75) is 38.8 Å². The van der Waals surface area contributed by atoms with E-state index in [-0.39, 0.29) is 11.3 Å². The van der Waals surface area contributed by atoms with E-state index < -0.39 is 24.0 Å². The molecule has 1 aromatic carbocycles. The van der Waals surface area contributed by atoms with Crippen LogP contribution in [0.5, 0.6) is 0 Å². The van der Waals surface area contributed by atoms with E-state index in [2.05, 4.69) is 27.4 Å². The number of methoxy groups -OCH3 is 1. The third-order valence-corrected chi connectivity index (χ3v) is 7.84. The number of nitrogens with one attached hydrogen (secondary N) is 1. The first-order valence-corrected chi connectivity index (χ1v) is 12.2. The maximum absolute atomic E-state index is 13.7. The SMILES string of the molecule is CCn1cnc2ccc(N3CCN(C(=O)C4C(C(=O)NO)CC5(CC5)CN4C(=O)OC)CC3)cc21. The number of ether oxygens (including phenoxy) is 1. The molecular weight excluding hydrogens is 452 g/mol. The number of benzene rings is 1. The summed E-state index contributed by atoms with van der Waals surface area (Å²) in [5, 5.41) is 9.36. The lowest BCUT2D eigenvalue weighted by Crippen LogP contribution is -2.63. The van der Waals surface area contributed by atoms with Crippen LogP contribution in [0.25, 0.3) is 11.0 Å². The molecule has 11 nitrogen and oxygen atoms in total.